The molecule has 2 atom stereocenters. The molecule has 1 aromatic carbocycles. The van der Waals surface area contributed by atoms with Gasteiger partial charge in [-0.15, -0.1) is 0 Å². The van der Waals surface area contributed by atoms with E-state index in [0.717, 1.165) is 20.0 Å². The lowest BCUT2D eigenvalue weighted by atomic mass is 10.4. The van der Waals surface area contributed by atoms with E-state index in [4.69, 9.17) is 0 Å². The minimum absolute atomic E-state index is 0.00604. The molecule has 2 bridgehead atoms. The lowest BCUT2D eigenvalue weighted by molar-refractivity contribution is -0.00310. The van der Waals surface area contributed by atoms with Crippen LogP contribution in [0.25, 0.3) is 0 Å². The summed E-state index contributed by atoms with van der Waals surface area (Å²) < 4.78 is 0. The Bertz CT molecular complexity index is 339. The lowest BCUT2D eigenvalue weighted by Gasteiger charge is -2.47. The highest BCUT2D eigenvalue weighted by Gasteiger charge is 2.30. The summed E-state index contributed by atoms with van der Waals surface area (Å²) in [6, 6.07) is 11.0. The molecule has 0 saturated carbocycles. The van der Waals surface area contributed by atoms with Gasteiger partial charge in [0.25, 0.3) is 0 Å². The average molecular weight is 235 g/mol. The zero-order valence-electron chi connectivity index (χ0n) is 9.71. The molecule has 0 N–H and O–H groups in total. The predicted octanol–water partition coefficient (Wildman–Crippen LogP) is 1.14. The molecule has 2 saturated heterocycles. The van der Waals surface area contributed by atoms with Crippen LogP contribution in [-0.4, -0.2) is 54.3 Å². The van der Waals surface area contributed by atoms with Crippen LogP contribution in [0.2, 0.25) is 0 Å². The van der Waals surface area contributed by atoms with E-state index in [1.54, 1.807) is 5.30 Å². The second kappa shape index (κ2) is 4.42. The van der Waals surface area contributed by atoms with Crippen molar-refractivity contribution in [3.8, 4) is 0 Å². The Balaban J connectivity index is 1.76. The van der Waals surface area contributed by atoms with Crippen molar-refractivity contribution in [1.82, 2.24) is 14.7 Å². The van der Waals surface area contributed by atoms with Gasteiger partial charge in [-0.05, 0) is 20.3 Å². The topological polar surface area (TPSA) is 9.72 Å². The van der Waals surface area contributed by atoms with Crippen molar-refractivity contribution in [1.29, 1.82) is 0 Å². The van der Waals surface area contributed by atoms with Crippen molar-refractivity contribution in [2.24, 2.45) is 0 Å². The third-order valence-corrected chi connectivity index (χ3v) is 5.66. The molecule has 0 aliphatic carbocycles. The van der Waals surface area contributed by atoms with E-state index < -0.39 is 0 Å². The second-order valence-corrected chi connectivity index (χ2v) is 6.94. The Kier molecular flexibility index (Phi) is 2.95. The fraction of sp³-hybridized carbons (Fsp3) is 0.500. The molecule has 16 heavy (non-hydrogen) atoms. The molecule has 2 aliphatic heterocycles. The SMILES string of the molecule is CN1CN2CN(C1)CP(c1ccccc1)C2. The van der Waals surface area contributed by atoms with Gasteiger partial charge in [-0.25, -0.2) is 0 Å². The number of nitrogens with zero attached hydrogens (tertiary/aromatic N) is 3. The van der Waals surface area contributed by atoms with Gasteiger partial charge in [0.15, 0.2) is 0 Å². The van der Waals surface area contributed by atoms with Gasteiger partial charge >= 0.3 is 0 Å². The van der Waals surface area contributed by atoms with Gasteiger partial charge in [0.1, 0.15) is 0 Å². The van der Waals surface area contributed by atoms with Crippen molar-refractivity contribution >= 4 is 13.2 Å². The summed E-state index contributed by atoms with van der Waals surface area (Å²) in [4.78, 5) is 7.51. The van der Waals surface area contributed by atoms with Gasteiger partial charge in [0, 0.05) is 12.6 Å². The molecular weight excluding hydrogens is 217 g/mol. The molecule has 2 fully saturated rings. The first kappa shape index (κ1) is 10.7. The first-order chi connectivity index (χ1) is 7.81. The van der Waals surface area contributed by atoms with E-state index >= 15 is 0 Å². The number of hydrogen-bond acceptors (Lipinski definition) is 3. The van der Waals surface area contributed by atoms with Crippen LogP contribution in [0, 0.1) is 0 Å². The van der Waals surface area contributed by atoms with Crippen molar-refractivity contribution < 1.29 is 0 Å². The molecule has 3 nitrogen and oxygen atoms in total. The first-order valence-corrected chi connectivity index (χ1v) is 7.46. The van der Waals surface area contributed by atoms with Crippen LogP contribution in [0.3, 0.4) is 0 Å². The largest absolute Gasteiger partial charge is 0.280 e. The zero-order chi connectivity index (χ0) is 11.0. The fourth-order valence-electron chi connectivity index (χ4n) is 2.61. The monoisotopic (exact) mass is 235 g/mol. The van der Waals surface area contributed by atoms with Gasteiger partial charge in [-0.2, -0.15) is 0 Å². The molecular formula is C12H18N3P. The highest BCUT2D eigenvalue weighted by atomic mass is 31.1. The van der Waals surface area contributed by atoms with Gasteiger partial charge in [-0.3, -0.25) is 14.7 Å². The Hall–Kier alpha value is -0.470. The van der Waals surface area contributed by atoms with Crippen LogP contribution < -0.4 is 5.30 Å². The second-order valence-electron chi connectivity index (χ2n) is 4.78. The molecule has 0 spiro atoms. The zero-order valence-corrected chi connectivity index (χ0v) is 10.6. The van der Waals surface area contributed by atoms with Crippen molar-refractivity contribution in [3.63, 3.8) is 0 Å². The normalized spacial score (nSPS) is 34.9. The van der Waals surface area contributed by atoms with E-state index in [1.807, 2.05) is 0 Å². The van der Waals surface area contributed by atoms with Gasteiger partial charge in [0.05, 0.1) is 20.0 Å². The number of hydrogen-bond donors (Lipinski definition) is 0. The van der Waals surface area contributed by atoms with Crippen LogP contribution in [0.15, 0.2) is 30.3 Å². The first-order valence-electron chi connectivity index (χ1n) is 5.74. The molecule has 4 heteroatoms. The summed E-state index contributed by atoms with van der Waals surface area (Å²) in [5, 5.41) is 1.55. The maximum Gasteiger partial charge on any atom is 0.0537 e. The molecule has 1 aromatic rings. The standard InChI is InChI=1S/C12H18N3P/c1-13-7-14-9-15(8-13)11-16(10-14)12-5-3-2-4-6-12/h2-6H,7-11H2,1H3. The minimum atomic E-state index is 0.00604. The summed E-state index contributed by atoms with van der Waals surface area (Å²) >= 11 is 0. The summed E-state index contributed by atoms with van der Waals surface area (Å²) in [6.07, 6.45) is 2.53. The highest BCUT2D eigenvalue weighted by molar-refractivity contribution is 7.65. The van der Waals surface area contributed by atoms with Gasteiger partial charge in [0.2, 0.25) is 0 Å². The molecule has 2 heterocycles. The van der Waals surface area contributed by atoms with Crippen LogP contribution >= 0.6 is 7.92 Å². The molecule has 0 radical (unpaired) electrons. The minimum Gasteiger partial charge on any atom is -0.280 e. The summed E-state index contributed by atoms with van der Waals surface area (Å²) in [5.41, 5.74) is 0. The van der Waals surface area contributed by atoms with Crippen molar-refractivity contribution in [2.75, 3.05) is 39.6 Å². The van der Waals surface area contributed by atoms with Gasteiger partial charge < -0.3 is 0 Å². The quantitative estimate of drug-likeness (QED) is 0.676. The molecule has 0 amide bonds. The van der Waals surface area contributed by atoms with E-state index in [9.17, 15) is 0 Å². The molecule has 86 valence electrons. The number of rotatable bonds is 1. The summed E-state index contributed by atoms with van der Waals surface area (Å²) in [7, 11) is 2.21. The fourth-order valence-corrected chi connectivity index (χ4v) is 4.94. The highest BCUT2D eigenvalue weighted by Crippen LogP contribution is 2.40. The lowest BCUT2D eigenvalue weighted by Crippen LogP contribution is -2.56. The summed E-state index contributed by atoms with van der Waals surface area (Å²) in [6.45, 7) is 3.42. The number of fused-ring (bicyclic) bond motifs is 2. The smallest absolute Gasteiger partial charge is 0.0537 e. The molecule has 2 unspecified atom stereocenters. The predicted molar refractivity (Wildman–Crippen MR) is 68.8 cm³/mol. The van der Waals surface area contributed by atoms with E-state index in [1.165, 1.54) is 12.6 Å². The van der Waals surface area contributed by atoms with Crippen molar-refractivity contribution in [2.45, 2.75) is 0 Å². The Morgan fingerprint density at radius 1 is 0.938 bits per heavy atom. The molecule has 3 rings (SSSR count). The Labute approximate surface area is 98.4 Å². The summed E-state index contributed by atoms with van der Waals surface area (Å²) in [5.74, 6) is 0. The van der Waals surface area contributed by atoms with Crippen LogP contribution in [-0.2, 0) is 0 Å². The molecule has 2 aliphatic rings. The maximum atomic E-state index is 2.56. The third-order valence-electron chi connectivity index (χ3n) is 3.15. The van der Waals surface area contributed by atoms with Crippen LogP contribution in [0.5, 0.6) is 0 Å². The van der Waals surface area contributed by atoms with Crippen LogP contribution in [0.1, 0.15) is 0 Å². The van der Waals surface area contributed by atoms with E-state index in [-0.39, 0.29) is 7.92 Å². The molecule has 0 aromatic heterocycles. The Morgan fingerprint density at radius 2 is 1.56 bits per heavy atom. The van der Waals surface area contributed by atoms with Crippen molar-refractivity contribution in [3.05, 3.63) is 30.3 Å². The third kappa shape index (κ3) is 2.14. The maximum absolute atomic E-state index is 2.56. The van der Waals surface area contributed by atoms with Crippen LogP contribution in [0.4, 0.5) is 0 Å². The average Bonchev–Trinajstić information content (AvgIpc) is 2.28. The Morgan fingerprint density at radius 3 is 2.19 bits per heavy atom. The van der Waals surface area contributed by atoms with Gasteiger partial charge in [-0.1, -0.05) is 30.3 Å². The number of benzene rings is 1. The van der Waals surface area contributed by atoms with E-state index in [2.05, 4.69) is 52.1 Å². The van der Waals surface area contributed by atoms with E-state index in [0.29, 0.717) is 0 Å².